The maximum absolute atomic E-state index is 12.1. The molecule has 3 aromatic heterocycles. The fourth-order valence-corrected chi connectivity index (χ4v) is 3.52. The number of aromatic nitrogens is 4. The van der Waals surface area contributed by atoms with Gasteiger partial charge in [-0.05, 0) is 57.6 Å². The van der Waals surface area contributed by atoms with Gasteiger partial charge in [0.15, 0.2) is 0 Å². The van der Waals surface area contributed by atoms with Gasteiger partial charge in [0.05, 0.1) is 11.3 Å². The number of hydrogen-bond acceptors (Lipinski definition) is 7. The lowest BCUT2D eigenvalue weighted by molar-refractivity contribution is 0.0905. The van der Waals surface area contributed by atoms with E-state index < -0.39 is 0 Å². The Balaban J connectivity index is 1.28. The number of nitrogens with one attached hydrogen (secondary N) is 1. The van der Waals surface area contributed by atoms with Crippen LogP contribution in [0, 0.1) is 19.8 Å². The predicted molar refractivity (Wildman–Crippen MR) is 101 cm³/mol. The van der Waals surface area contributed by atoms with Gasteiger partial charge >= 0.3 is 0 Å². The van der Waals surface area contributed by atoms with Crippen LogP contribution in [-0.4, -0.2) is 32.8 Å². The van der Waals surface area contributed by atoms with Crippen LogP contribution in [0.5, 0.6) is 0 Å². The third-order valence-electron chi connectivity index (χ3n) is 5.20. The monoisotopic (exact) mass is 381 g/mol. The molecule has 1 aliphatic rings. The Bertz CT molecular complexity index is 939. The molecule has 1 amide bonds. The summed E-state index contributed by atoms with van der Waals surface area (Å²) in [6.45, 7) is 4.37. The molecule has 0 radical (unpaired) electrons. The summed E-state index contributed by atoms with van der Waals surface area (Å²) < 4.78 is 10.9. The van der Waals surface area contributed by atoms with Crippen molar-refractivity contribution in [2.45, 2.75) is 45.4 Å². The zero-order valence-electron chi connectivity index (χ0n) is 16.0. The summed E-state index contributed by atoms with van der Waals surface area (Å²) >= 11 is 0. The average molecular weight is 381 g/mol. The first-order valence-electron chi connectivity index (χ1n) is 9.56. The molecule has 0 aliphatic heterocycles. The third kappa shape index (κ3) is 4.11. The second kappa shape index (κ2) is 7.92. The molecular weight excluding hydrogens is 358 g/mol. The van der Waals surface area contributed by atoms with Gasteiger partial charge in [-0.15, -0.1) is 10.2 Å². The van der Waals surface area contributed by atoms with Crippen LogP contribution in [0.25, 0.3) is 11.5 Å². The lowest BCUT2D eigenvalue weighted by atomic mass is 9.82. The highest BCUT2D eigenvalue weighted by Crippen LogP contribution is 2.35. The largest absolute Gasteiger partial charge is 0.420 e. The predicted octanol–water partition coefficient (Wildman–Crippen LogP) is 3.44. The van der Waals surface area contributed by atoms with E-state index in [4.69, 9.17) is 8.94 Å². The molecule has 3 aromatic rings. The number of pyridine rings is 1. The minimum Gasteiger partial charge on any atom is -0.420 e. The third-order valence-corrected chi connectivity index (χ3v) is 5.20. The Labute approximate surface area is 162 Å². The maximum Gasteiger partial charge on any atom is 0.289 e. The number of nitrogens with zero attached hydrogens (tertiary/aromatic N) is 4. The zero-order valence-corrected chi connectivity index (χ0v) is 16.0. The minimum atomic E-state index is -0.212. The SMILES string of the molecule is Cc1ccc(-c2nnc(C3CCC(CNC(=O)c4cc(C)no4)CC3)o2)cn1. The molecule has 0 unspecified atom stereocenters. The highest BCUT2D eigenvalue weighted by atomic mass is 16.5. The van der Waals surface area contributed by atoms with E-state index in [2.05, 4.69) is 25.7 Å². The van der Waals surface area contributed by atoms with Crippen LogP contribution in [0.1, 0.15) is 59.4 Å². The van der Waals surface area contributed by atoms with Crippen molar-refractivity contribution in [2.75, 3.05) is 6.54 Å². The number of carbonyl (C=O) groups excluding carboxylic acids is 1. The first-order chi connectivity index (χ1) is 13.6. The first kappa shape index (κ1) is 18.3. The summed E-state index contributed by atoms with van der Waals surface area (Å²) in [5.41, 5.74) is 2.49. The standard InChI is InChI=1S/C20H23N5O3/c1-12-3-6-16(11-21-12)20-24-23-19(27-20)15-7-4-14(5-8-15)10-22-18(26)17-9-13(2)25-28-17/h3,6,9,11,14-15H,4-5,7-8,10H2,1-2H3,(H,22,26). The van der Waals surface area contributed by atoms with Crippen LogP contribution in [0.15, 0.2) is 33.3 Å². The van der Waals surface area contributed by atoms with Crippen LogP contribution in [-0.2, 0) is 0 Å². The summed E-state index contributed by atoms with van der Waals surface area (Å²) in [5, 5.41) is 15.1. The van der Waals surface area contributed by atoms with E-state index in [9.17, 15) is 4.79 Å². The van der Waals surface area contributed by atoms with Gasteiger partial charge in [0, 0.05) is 30.4 Å². The van der Waals surface area contributed by atoms with Crippen LogP contribution in [0.4, 0.5) is 0 Å². The molecule has 0 bridgehead atoms. The zero-order chi connectivity index (χ0) is 19.5. The van der Waals surface area contributed by atoms with Gasteiger partial charge in [-0.2, -0.15) is 0 Å². The molecular formula is C20H23N5O3. The van der Waals surface area contributed by atoms with E-state index in [0.717, 1.165) is 36.9 Å². The fraction of sp³-hybridized carbons (Fsp3) is 0.450. The van der Waals surface area contributed by atoms with Crippen molar-refractivity contribution in [3.63, 3.8) is 0 Å². The van der Waals surface area contributed by atoms with Crippen LogP contribution in [0.3, 0.4) is 0 Å². The van der Waals surface area contributed by atoms with Crippen molar-refractivity contribution >= 4 is 5.91 Å². The molecule has 1 saturated carbocycles. The molecule has 0 aromatic carbocycles. The molecule has 1 N–H and O–H groups in total. The van der Waals surface area contributed by atoms with E-state index in [0.29, 0.717) is 29.9 Å². The highest BCUT2D eigenvalue weighted by molar-refractivity contribution is 5.91. The number of carbonyl (C=O) groups is 1. The first-order valence-corrected chi connectivity index (χ1v) is 9.56. The van der Waals surface area contributed by atoms with E-state index >= 15 is 0 Å². The lowest BCUT2D eigenvalue weighted by Crippen LogP contribution is -2.30. The fourth-order valence-electron chi connectivity index (χ4n) is 3.52. The van der Waals surface area contributed by atoms with Crippen molar-refractivity contribution in [1.29, 1.82) is 0 Å². The average Bonchev–Trinajstić information content (AvgIpc) is 3.37. The summed E-state index contributed by atoms with van der Waals surface area (Å²) in [6.07, 6.45) is 5.70. The molecule has 0 atom stereocenters. The molecule has 1 aliphatic carbocycles. The number of rotatable bonds is 5. The van der Waals surface area contributed by atoms with Gasteiger partial charge in [0.2, 0.25) is 17.5 Å². The second-order valence-electron chi connectivity index (χ2n) is 7.39. The van der Waals surface area contributed by atoms with Crippen LogP contribution in [0.2, 0.25) is 0 Å². The quantitative estimate of drug-likeness (QED) is 0.721. The molecule has 0 saturated heterocycles. The van der Waals surface area contributed by atoms with E-state index in [1.807, 2.05) is 19.1 Å². The molecule has 8 heteroatoms. The second-order valence-corrected chi connectivity index (χ2v) is 7.39. The lowest BCUT2D eigenvalue weighted by Gasteiger charge is -2.26. The maximum atomic E-state index is 12.1. The van der Waals surface area contributed by atoms with Gasteiger partial charge < -0.3 is 14.3 Å². The van der Waals surface area contributed by atoms with Crippen LogP contribution < -0.4 is 5.32 Å². The highest BCUT2D eigenvalue weighted by Gasteiger charge is 2.27. The topological polar surface area (TPSA) is 107 Å². The van der Waals surface area contributed by atoms with Crippen LogP contribution >= 0.6 is 0 Å². The normalized spacial score (nSPS) is 19.5. The molecule has 3 heterocycles. The van der Waals surface area contributed by atoms with E-state index in [1.165, 1.54) is 0 Å². The minimum absolute atomic E-state index is 0.212. The van der Waals surface area contributed by atoms with Gasteiger partial charge in [0.1, 0.15) is 0 Å². The Hall–Kier alpha value is -3.03. The molecule has 28 heavy (non-hydrogen) atoms. The smallest absolute Gasteiger partial charge is 0.289 e. The molecule has 146 valence electrons. The summed E-state index contributed by atoms with van der Waals surface area (Å²) in [5.74, 6) is 1.96. The van der Waals surface area contributed by atoms with Crippen molar-refractivity contribution in [2.24, 2.45) is 5.92 Å². The Morgan fingerprint density at radius 3 is 2.64 bits per heavy atom. The Morgan fingerprint density at radius 2 is 1.96 bits per heavy atom. The van der Waals surface area contributed by atoms with Gasteiger partial charge in [-0.1, -0.05) is 5.16 Å². The summed E-state index contributed by atoms with van der Waals surface area (Å²) in [7, 11) is 0. The molecule has 1 fully saturated rings. The Morgan fingerprint density at radius 1 is 1.14 bits per heavy atom. The molecule has 4 rings (SSSR count). The summed E-state index contributed by atoms with van der Waals surface area (Å²) in [6, 6.07) is 5.51. The molecule has 8 nitrogen and oxygen atoms in total. The van der Waals surface area contributed by atoms with Gasteiger partial charge in [0.25, 0.3) is 5.91 Å². The van der Waals surface area contributed by atoms with Crippen molar-refractivity contribution in [1.82, 2.24) is 25.7 Å². The Kier molecular flexibility index (Phi) is 5.18. The van der Waals surface area contributed by atoms with E-state index in [-0.39, 0.29) is 17.6 Å². The van der Waals surface area contributed by atoms with Crippen molar-refractivity contribution in [3.05, 3.63) is 47.4 Å². The number of amides is 1. The van der Waals surface area contributed by atoms with Crippen molar-refractivity contribution < 1.29 is 13.7 Å². The molecule has 0 spiro atoms. The van der Waals surface area contributed by atoms with Crippen molar-refractivity contribution in [3.8, 4) is 11.5 Å². The van der Waals surface area contributed by atoms with E-state index in [1.54, 1.807) is 19.2 Å². The van der Waals surface area contributed by atoms with Gasteiger partial charge in [-0.3, -0.25) is 9.78 Å². The number of hydrogen-bond donors (Lipinski definition) is 1. The number of aryl methyl sites for hydroxylation is 2. The summed E-state index contributed by atoms with van der Waals surface area (Å²) in [4.78, 5) is 16.3. The van der Waals surface area contributed by atoms with Gasteiger partial charge in [-0.25, -0.2) is 0 Å².